The largest absolute Gasteiger partial charge is 0.497 e. The smallest absolute Gasteiger partial charge is 0.276 e. The number of methoxy groups -OCH3 is 1. The Morgan fingerprint density at radius 1 is 1.19 bits per heavy atom. The zero-order valence-corrected chi connectivity index (χ0v) is 18.8. The number of sulfonamides is 1. The molecule has 170 valence electrons. The normalized spacial score (nSPS) is 16.6. The van der Waals surface area contributed by atoms with Crippen molar-refractivity contribution in [1.82, 2.24) is 19.8 Å². The summed E-state index contributed by atoms with van der Waals surface area (Å²) in [6, 6.07) is 12.1. The van der Waals surface area contributed by atoms with Crippen LogP contribution >= 0.6 is 0 Å². The molecule has 0 saturated carbocycles. The standard InChI is InChI=1S/C22H26N4O5S/c1-15(16-3-5-18(30-2)6-4-16)24-22(27)17-10-13-26(14-11-17)32(28,29)21-8-7-20(31-21)19-9-12-23-25-19/h3-9,12,15,17H,10-11,13-14H2,1-2H3,(H,23,25)(H,24,27)/t15-/m0/s1. The molecule has 1 aliphatic rings. The molecule has 1 atom stereocenters. The van der Waals surface area contributed by atoms with Gasteiger partial charge >= 0.3 is 0 Å². The highest BCUT2D eigenvalue weighted by molar-refractivity contribution is 7.89. The third-order valence-corrected chi connectivity index (χ3v) is 7.51. The molecule has 2 N–H and O–H groups in total. The van der Waals surface area contributed by atoms with Crippen LogP contribution in [0, 0.1) is 5.92 Å². The van der Waals surface area contributed by atoms with Gasteiger partial charge in [0.25, 0.3) is 10.0 Å². The zero-order valence-electron chi connectivity index (χ0n) is 17.9. The number of H-pyrrole nitrogens is 1. The fourth-order valence-electron chi connectivity index (χ4n) is 3.79. The second kappa shape index (κ2) is 9.17. The van der Waals surface area contributed by atoms with E-state index in [2.05, 4.69) is 15.5 Å². The number of carbonyl (C=O) groups is 1. The molecule has 10 heteroatoms. The van der Waals surface area contributed by atoms with Gasteiger partial charge in [0, 0.05) is 25.2 Å². The molecular formula is C22H26N4O5S. The lowest BCUT2D eigenvalue weighted by atomic mass is 9.96. The summed E-state index contributed by atoms with van der Waals surface area (Å²) in [5, 5.41) is 9.51. The molecule has 3 aromatic rings. The summed E-state index contributed by atoms with van der Waals surface area (Å²) in [5.74, 6) is 0.862. The van der Waals surface area contributed by atoms with E-state index in [1.165, 1.54) is 10.4 Å². The third kappa shape index (κ3) is 4.56. The van der Waals surface area contributed by atoms with Gasteiger partial charge in [0.05, 0.1) is 13.2 Å². The molecule has 0 aliphatic carbocycles. The molecular weight excluding hydrogens is 432 g/mol. The molecule has 2 aromatic heterocycles. The number of aromatic nitrogens is 2. The Labute approximate surface area is 186 Å². The lowest BCUT2D eigenvalue weighted by Crippen LogP contribution is -2.43. The first-order valence-electron chi connectivity index (χ1n) is 10.4. The summed E-state index contributed by atoms with van der Waals surface area (Å²) in [6.45, 7) is 2.45. The summed E-state index contributed by atoms with van der Waals surface area (Å²) in [6.07, 6.45) is 2.47. The van der Waals surface area contributed by atoms with Crippen LogP contribution < -0.4 is 10.1 Å². The zero-order chi connectivity index (χ0) is 22.7. The highest BCUT2D eigenvalue weighted by Gasteiger charge is 2.34. The van der Waals surface area contributed by atoms with E-state index in [0.717, 1.165) is 11.3 Å². The number of nitrogens with zero attached hydrogens (tertiary/aromatic N) is 2. The quantitative estimate of drug-likeness (QED) is 0.562. The van der Waals surface area contributed by atoms with Crippen LogP contribution in [0.15, 0.2) is 58.2 Å². The van der Waals surface area contributed by atoms with Crippen molar-refractivity contribution in [2.45, 2.75) is 30.9 Å². The minimum atomic E-state index is -3.77. The van der Waals surface area contributed by atoms with Crippen molar-refractivity contribution in [1.29, 1.82) is 0 Å². The molecule has 9 nitrogen and oxygen atoms in total. The second-order valence-corrected chi connectivity index (χ2v) is 9.64. The van der Waals surface area contributed by atoms with Crippen LogP contribution in [0.1, 0.15) is 31.4 Å². The van der Waals surface area contributed by atoms with Crippen molar-refractivity contribution in [3.63, 3.8) is 0 Å². The number of furan rings is 1. The average Bonchev–Trinajstić information content (AvgIpc) is 3.51. The summed E-state index contributed by atoms with van der Waals surface area (Å²) in [4.78, 5) is 12.7. The van der Waals surface area contributed by atoms with Crippen LogP contribution in [0.3, 0.4) is 0 Å². The van der Waals surface area contributed by atoms with Crippen LogP contribution in [0.4, 0.5) is 0 Å². The molecule has 1 amide bonds. The van der Waals surface area contributed by atoms with Crippen LogP contribution in [0.5, 0.6) is 5.75 Å². The van der Waals surface area contributed by atoms with Crippen molar-refractivity contribution >= 4 is 15.9 Å². The molecule has 1 aliphatic heterocycles. The number of hydrogen-bond donors (Lipinski definition) is 2. The molecule has 1 saturated heterocycles. The molecule has 0 radical (unpaired) electrons. The molecule has 0 spiro atoms. The molecule has 1 aromatic carbocycles. The molecule has 4 rings (SSSR count). The van der Waals surface area contributed by atoms with Gasteiger partial charge < -0.3 is 14.5 Å². The minimum absolute atomic E-state index is 0.0649. The predicted molar refractivity (Wildman–Crippen MR) is 117 cm³/mol. The van der Waals surface area contributed by atoms with E-state index in [0.29, 0.717) is 24.3 Å². The number of nitrogens with one attached hydrogen (secondary N) is 2. The Hall–Kier alpha value is -3.11. The lowest BCUT2D eigenvalue weighted by molar-refractivity contribution is -0.126. The Morgan fingerprint density at radius 3 is 2.53 bits per heavy atom. The van der Waals surface area contributed by atoms with Gasteiger partial charge in [0.15, 0.2) is 5.76 Å². The molecule has 0 unspecified atom stereocenters. The van der Waals surface area contributed by atoms with E-state index < -0.39 is 10.0 Å². The first kappa shape index (κ1) is 22.1. The van der Waals surface area contributed by atoms with Gasteiger partial charge in [0.2, 0.25) is 11.0 Å². The van der Waals surface area contributed by atoms with Crippen molar-refractivity contribution in [3.05, 3.63) is 54.2 Å². The number of carbonyl (C=O) groups excluding carboxylic acids is 1. The first-order chi connectivity index (χ1) is 15.4. The van der Waals surface area contributed by atoms with E-state index in [1.54, 1.807) is 25.4 Å². The average molecular weight is 459 g/mol. The second-order valence-electron chi connectivity index (χ2n) is 7.77. The van der Waals surface area contributed by atoms with E-state index >= 15 is 0 Å². The Balaban J connectivity index is 1.34. The third-order valence-electron chi connectivity index (χ3n) is 5.74. The number of hydrogen-bond acceptors (Lipinski definition) is 6. The summed E-state index contributed by atoms with van der Waals surface area (Å²) in [5.41, 5.74) is 1.58. The van der Waals surface area contributed by atoms with Crippen molar-refractivity contribution in [2.75, 3.05) is 20.2 Å². The van der Waals surface area contributed by atoms with Crippen LogP contribution in [0.25, 0.3) is 11.5 Å². The van der Waals surface area contributed by atoms with Crippen molar-refractivity contribution in [2.24, 2.45) is 5.92 Å². The molecule has 3 heterocycles. The number of piperidine rings is 1. The SMILES string of the molecule is COc1ccc([C@H](C)NC(=O)C2CCN(S(=O)(=O)c3ccc(-c4ccn[nH]4)o3)CC2)cc1. The van der Waals surface area contributed by atoms with E-state index in [4.69, 9.17) is 9.15 Å². The van der Waals surface area contributed by atoms with Gasteiger partial charge in [-0.1, -0.05) is 12.1 Å². The van der Waals surface area contributed by atoms with E-state index in [-0.39, 0.29) is 36.0 Å². The topological polar surface area (TPSA) is 118 Å². The lowest BCUT2D eigenvalue weighted by Gasteiger charge is -2.30. The number of amides is 1. The minimum Gasteiger partial charge on any atom is -0.497 e. The summed E-state index contributed by atoms with van der Waals surface area (Å²) < 4.78 is 38.0. The van der Waals surface area contributed by atoms with E-state index in [1.807, 2.05) is 31.2 Å². The number of benzene rings is 1. The number of ether oxygens (including phenoxy) is 1. The maximum absolute atomic E-state index is 13.0. The molecule has 32 heavy (non-hydrogen) atoms. The van der Waals surface area contributed by atoms with Gasteiger partial charge in [-0.25, -0.2) is 8.42 Å². The van der Waals surface area contributed by atoms with Gasteiger partial charge in [0.1, 0.15) is 11.4 Å². The highest BCUT2D eigenvalue weighted by atomic mass is 32.2. The molecule has 0 bridgehead atoms. The summed E-state index contributed by atoms with van der Waals surface area (Å²) in [7, 11) is -2.16. The maximum atomic E-state index is 13.0. The van der Waals surface area contributed by atoms with E-state index in [9.17, 15) is 13.2 Å². The van der Waals surface area contributed by atoms with Crippen LogP contribution in [0.2, 0.25) is 0 Å². The monoisotopic (exact) mass is 458 g/mol. The first-order valence-corrected chi connectivity index (χ1v) is 11.9. The summed E-state index contributed by atoms with van der Waals surface area (Å²) >= 11 is 0. The van der Waals surface area contributed by atoms with Crippen molar-refractivity contribution < 1.29 is 22.4 Å². The number of rotatable bonds is 7. The van der Waals surface area contributed by atoms with Gasteiger partial charge in [-0.3, -0.25) is 9.89 Å². The number of aromatic amines is 1. The fourth-order valence-corrected chi connectivity index (χ4v) is 5.17. The Morgan fingerprint density at radius 2 is 1.91 bits per heavy atom. The van der Waals surface area contributed by atoms with Crippen molar-refractivity contribution in [3.8, 4) is 17.2 Å². The Bertz CT molecular complexity index is 1150. The fraction of sp³-hybridized carbons (Fsp3) is 0.364. The maximum Gasteiger partial charge on any atom is 0.276 e. The Kier molecular flexibility index (Phi) is 6.33. The highest BCUT2D eigenvalue weighted by Crippen LogP contribution is 2.28. The van der Waals surface area contributed by atoms with Crippen LogP contribution in [-0.4, -0.2) is 49.0 Å². The van der Waals surface area contributed by atoms with Gasteiger partial charge in [-0.05, 0) is 55.7 Å². The van der Waals surface area contributed by atoms with Gasteiger partial charge in [-0.2, -0.15) is 9.40 Å². The van der Waals surface area contributed by atoms with Gasteiger partial charge in [-0.15, -0.1) is 0 Å². The predicted octanol–water partition coefficient (Wildman–Crippen LogP) is 2.96. The van der Waals surface area contributed by atoms with Crippen LogP contribution in [-0.2, 0) is 14.8 Å². The molecule has 1 fully saturated rings.